The maximum absolute atomic E-state index is 15.2. The van der Waals surface area contributed by atoms with Crippen molar-refractivity contribution in [1.82, 2.24) is 14.9 Å². The van der Waals surface area contributed by atoms with E-state index in [4.69, 9.17) is 13.9 Å². The number of amides is 2. The second kappa shape index (κ2) is 15.7. The number of hydrogen-bond acceptors (Lipinski definition) is 7. The Morgan fingerprint density at radius 1 is 1.02 bits per heavy atom. The van der Waals surface area contributed by atoms with E-state index in [0.29, 0.717) is 5.56 Å². The highest BCUT2D eigenvalue weighted by molar-refractivity contribution is 6.74. The molecule has 0 bridgehead atoms. The molecule has 2 aromatic heterocycles. The standard InChI is InChI=1S/C37H45F3N4O5Si/c1-36(2,3)49-35(46)44-21-27(47-22-26(44)23-48-50(7,8)37(4,5)6)13-14-29-32(40)19-42-20-33(29)43-34(45)17-30(24-9-11-25(38)12-10-24)28-15-16-41-18-31(28)39/h9-12,15-16,18-20,26-27,30H,17,21-23H2,1-8H3,(H,43,45)/t26?,27?,30-/m1/s1. The number of hydrogen-bond donors (Lipinski definition) is 1. The van der Waals surface area contributed by atoms with Gasteiger partial charge in [-0.2, -0.15) is 0 Å². The van der Waals surface area contributed by atoms with E-state index >= 15 is 4.39 Å². The third-order valence-corrected chi connectivity index (χ3v) is 13.2. The number of benzene rings is 1. The lowest BCUT2D eigenvalue weighted by molar-refractivity contribution is -0.116. The fourth-order valence-electron chi connectivity index (χ4n) is 4.96. The molecule has 1 aliphatic rings. The summed E-state index contributed by atoms with van der Waals surface area (Å²) in [6, 6.07) is 6.43. The van der Waals surface area contributed by atoms with Crippen LogP contribution in [-0.2, 0) is 18.7 Å². The molecule has 4 rings (SSSR count). The molecular formula is C37H45F3N4O5Si. The van der Waals surface area contributed by atoms with E-state index in [-0.39, 0.29) is 48.0 Å². The van der Waals surface area contributed by atoms with E-state index in [1.54, 1.807) is 25.7 Å². The summed E-state index contributed by atoms with van der Waals surface area (Å²) in [4.78, 5) is 35.9. The van der Waals surface area contributed by atoms with Gasteiger partial charge < -0.3 is 19.2 Å². The quantitative estimate of drug-likeness (QED) is 0.192. The van der Waals surface area contributed by atoms with Crippen molar-refractivity contribution in [3.05, 3.63) is 89.3 Å². The van der Waals surface area contributed by atoms with Gasteiger partial charge in [-0.25, -0.2) is 18.0 Å². The number of anilines is 1. The molecule has 3 aromatic rings. The highest BCUT2D eigenvalue weighted by Gasteiger charge is 2.40. The molecule has 50 heavy (non-hydrogen) atoms. The van der Waals surface area contributed by atoms with Gasteiger partial charge in [0.25, 0.3) is 0 Å². The van der Waals surface area contributed by atoms with Crippen molar-refractivity contribution in [3.8, 4) is 11.8 Å². The average molecular weight is 711 g/mol. The third-order valence-electron chi connectivity index (χ3n) is 8.74. The first-order valence-corrected chi connectivity index (χ1v) is 19.3. The maximum Gasteiger partial charge on any atom is 0.410 e. The fraction of sp³-hybridized carbons (Fsp3) is 0.459. The molecule has 1 fully saturated rings. The number of rotatable bonds is 8. The summed E-state index contributed by atoms with van der Waals surface area (Å²) in [5, 5.41) is 2.61. The summed E-state index contributed by atoms with van der Waals surface area (Å²) in [7, 11) is -2.14. The van der Waals surface area contributed by atoms with Crippen LogP contribution in [0.1, 0.15) is 70.6 Å². The summed E-state index contributed by atoms with van der Waals surface area (Å²) >= 11 is 0. The van der Waals surface area contributed by atoms with Crippen LogP contribution in [0.25, 0.3) is 0 Å². The number of aromatic nitrogens is 2. The van der Waals surface area contributed by atoms with Gasteiger partial charge >= 0.3 is 6.09 Å². The highest BCUT2D eigenvalue weighted by atomic mass is 28.4. The zero-order valence-electron chi connectivity index (χ0n) is 29.8. The summed E-state index contributed by atoms with van der Waals surface area (Å²) < 4.78 is 61.8. The summed E-state index contributed by atoms with van der Waals surface area (Å²) in [6.45, 7) is 16.4. The monoisotopic (exact) mass is 710 g/mol. The molecule has 3 atom stereocenters. The molecule has 0 saturated carbocycles. The Hall–Kier alpha value is -4.25. The minimum absolute atomic E-state index is 0.00369. The van der Waals surface area contributed by atoms with Crippen LogP contribution in [0, 0.1) is 29.3 Å². The highest BCUT2D eigenvalue weighted by Crippen LogP contribution is 2.37. The molecule has 0 radical (unpaired) electrons. The molecule has 2 unspecified atom stereocenters. The van der Waals surface area contributed by atoms with Crippen LogP contribution in [0.5, 0.6) is 0 Å². The normalized spacial score (nSPS) is 17.4. The molecule has 2 amide bonds. The lowest BCUT2D eigenvalue weighted by Gasteiger charge is -2.42. The van der Waals surface area contributed by atoms with Crippen molar-refractivity contribution in [3.63, 3.8) is 0 Å². The van der Waals surface area contributed by atoms with Gasteiger partial charge in [-0.1, -0.05) is 44.7 Å². The van der Waals surface area contributed by atoms with Crippen molar-refractivity contribution in [2.24, 2.45) is 0 Å². The number of nitrogens with zero attached hydrogens (tertiary/aromatic N) is 3. The Morgan fingerprint density at radius 3 is 2.34 bits per heavy atom. The zero-order valence-corrected chi connectivity index (χ0v) is 30.8. The predicted octanol–water partition coefficient (Wildman–Crippen LogP) is 7.43. The van der Waals surface area contributed by atoms with Gasteiger partial charge in [0.05, 0.1) is 55.6 Å². The van der Waals surface area contributed by atoms with E-state index in [1.165, 1.54) is 42.7 Å². The molecule has 9 nitrogen and oxygen atoms in total. The molecule has 0 aliphatic carbocycles. The fourth-order valence-corrected chi connectivity index (χ4v) is 6.00. The number of carbonyl (C=O) groups excluding carboxylic acids is 2. The van der Waals surface area contributed by atoms with Crippen LogP contribution in [0.4, 0.5) is 23.7 Å². The largest absolute Gasteiger partial charge is 0.444 e. The van der Waals surface area contributed by atoms with E-state index in [9.17, 15) is 18.4 Å². The molecule has 1 aromatic carbocycles. The first-order valence-electron chi connectivity index (χ1n) is 16.4. The first kappa shape index (κ1) is 38.5. The van der Waals surface area contributed by atoms with Gasteiger partial charge in [-0.15, -0.1) is 0 Å². The Labute approximate surface area is 293 Å². The van der Waals surface area contributed by atoms with Crippen LogP contribution in [0.3, 0.4) is 0 Å². The van der Waals surface area contributed by atoms with Crippen LogP contribution >= 0.6 is 0 Å². The van der Waals surface area contributed by atoms with Gasteiger partial charge in [0.2, 0.25) is 5.91 Å². The van der Waals surface area contributed by atoms with Crippen LogP contribution in [-0.4, -0.2) is 72.7 Å². The molecular weight excluding hydrogens is 666 g/mol. The van der Waals surface area contributed by atoms with E-state index in [2.05, 4.69) is 61.0 Å². The molecule has 3 heterocycles. The molecule has 1 N–H and O–H groups in total. The summed E-state index contributed by atoms with van der Waals surface area (Å²) in [5.41, 5.74) is -0.195. The Balaban J connectivity index is 1.54. The minimum atomic E-state index is -2.14. The van der Waals surface area contributed by atoms with E-state index < -0.39 is 61.4 Å². The lowest BCUT2D eigenvalue weighted by atomic mass is 9.88. The molecule has 1 aliphatic heterocycles. The maximum atomic E-state index is 15.2. The molecule has 0 spiro atoms. The Bertz CT molecular complexity index is 1730. The Kier molecular flexibility index (Phi) is 12.1. The SMILES string of the molecule is CC(C)(C)OC(=O)N1CC(C#Cc2c(F)cncc2NC(=O)C[C@H](c2ccc(F)cc2)c2ccncc2F)OCC1CO[Si](C)(C)C(C)(C)C. The number of morpholine rings is 1. The van der Waals surface area contributed by atoms with E-state index in [1.807, 2.05) is 0 Å². The second-order valence-corrected chi connectivity index (χ2v) is 19.6. The zero-order chi connectivity index (χ0) is 36.9. The van der Waals surface area contributed by atoms with Gasteiger partial charge in [0.1, 0.15) is 23.3 Å². The lowest BCUT2D eigenvalue weighted by Crippen LogP contribution is -2.56. The van der Waals surface area contributed by atoms with Crippen molar-refractivity contribution in [2.75, 3.05) is 25.1 Å². The van der Waals surface area contributed by atoms with Crippen molar-refractivity contribution in [1.29, 1.82) is 0 Å². The van der Waals surface area contributed by atoms with Crippen LogP contribution in [0.2, 0.25) is 18.1 Å². The predicted molar refractivity (Wildman–Crippen MR) is 186 cm³/mol. The smallest absolute Gasteiger partial charge is 0.410 e. The van der Waals surface area contributed by atoms with Crippen molar-refractivity contribution < 1.29 is 36.7 Å². The number of ether oxygens (including phenoxy) is 2. The van der Waals surface area contributed by atoms with Crippen molar-refractivity contribution in [2.45, 2.75) is 89.8 Å². The number of carbonyl (C=O) groups is 2. The third kappa shape index (κ3) is 10.1. The molecule has 13 heteroatoms. The van der Waals surface area contributed by atoms with Gasteiger partial charge in [-0.3, -0.25) is 19.7 Å². The average Bonchev–Trinajstić information content (AvgIpc) is 3.02. The second-order valence-electron chi connectivity index (χ2n) is 14.7. The number of nitrogens with one attached hydrogen (secondary N) is 1. The minimum Gasteiger partial charge on any atom is -0.444 e. The van der Waals surface area contributed by atoms with Gasteiger partial charge in [-0.05, 0) is 68.2 Å². The Morgan fingerprint density at radius 2 is 1.70 bits per heavy atom. The summed E-state index contributed by atoms with van der Waals surface area (Å²) in [5.74, 6) is 2.40. The summed E-state index contributed by atoms with van der Waals surface area (Å²) in [6.07, 6.45) is 3.06. The van der Waals surface area contributed by atoms with Gasteiger partial charge in [0.15, 0.2) is 14.1 Å². The van der Waals surface area contributed by atoms with Gasteiger partial charge in [0, 0.05) is 18.5 Å². The topological polar surface area (TPSA) is 103 Å². The number of pyridine rings is 2. The first-order chi connectivity index (χ1) is 23.3. The molecule has 1 saturated heterocycles. The number of halogens is 3. The van der Waals surface area contributed by atoms with Crippen molar-refractivity contribution >= 4 is 26.0 Å². The van der Waals surface area contributed by atoms with Crippen LogP contribution in [0.15, 0.2) is 55.1 Å². The van der Waals surface area contributed by atoms with E-state index in [0.717, 1.165) is 12.4 Å². The van der Waals surface area contributed by atoms with Crippen LogP contribution < -0.4 is 5.32 Å². The molecule has 268 valence electrons.